The Bertz CT molecular complexity index is 467. The normalized spacial score (nSPS) is 15.8. The highest BCUT2D eigenvalue weighted by molar-refractivity contribution is 7.98. The fraction of sp³-hybridized carbons (Fsp3) is 0.583. The van der Waals surface area contributed by atoms with E-state index in [2.05, 4.69) is 15.3 Å². The first-order valence-corrected chi connectivity index (χ1v) is 7.52. The number of hydrogen-bond donors (Lipinski definition) is 1. The van der Waals surface area contributed by atoms with E-state index in [0.717, 1.165) is 36.4 Å². The zero-order chi connectivity index (χ0) is 13.8. The van der Waals surface area contributed by atoms with Gasteiger partial charge in [-0.25, -0.2) is 9.97 Å². The first-order chi connectivity index (χ1) is 9.13. The lowest BCUT2D eigenvalue weighted by molar-refractivity contribution is -0.129. The number of hydrogen-bond acceptors (Lipinski definition) is 6. The number of nitrogens with one attached hydrogen (secondary N) is 1. The minimum Gasteiger partial charge on any atom is -0.370 e. The number of likely N-dealkylation sites (N-methyl/N-ethyl adjacent to an activating group) is 1. The summed E-state index contributed by atoms with van der Waals surface area (Å²) in [7, 11) is 1.83. The quantitative estimate of drug-likeness (QED) is 0.654. The molecule has 1 N–H and O–H groups in total. The summed E-state index contributed by atoms with van der Waals surface area (Å²) in [5.74, 6) is 1.75. The largest absolute Gasteiger partial charge is 0.370 e. The van der Waals surface area contributed by atoms with Crippen LogP contribution < -0.4 is 10.2 Å². The number of amides is 1. The second-order valence-corrected chi connectivity index (χ2v) is 5.14. The molecule has 19 heavy (non-hydrogen) atoms. The molecular formula is C12H19N5OS. The van der Waals surface area contributed by atoms with Crippen LogP contribution in [0.2, 0.25) is 0 Å². The van der Waals surface area contributed by atoms with Gasteiger partial charge in [0.25, 0.3) is 0 Å². The van der Waals surface area contributed by atoms with Gasteiger partial charge in [0.15, 0.2) is 5.16 Å². The van der Waals surface area contributed by atoms with Gasteiger partial charge < -0.3 is 15.1 Å². The SMILES string of the molecule is CCNc1cc(N2CCN(C)C(=O)C2)nc(SC)n1. The van der Waals surface area contributed by atoms with Crippen LogP contribution in [-0.4, -0.2) is 60.3 Å². The Balaban J connectivity index is 2.23. The lowest BCUT2D eigenvalue weighted by Crippen LogP contribution is -2.48. The summed E-state index contributed by atoms with van der Waals surface area (Å²) in [4.78, 5) is 24.4. The van der Waals surface area contributed by atoms with Crippen molar-refractivity contribution < 1.29 is 4.79 Å². The van der Waals surface area contributed by atoms with Crippen LogP contribution in [0.25, 0.3) is 0 Å². The van der Waals surface area contributed by atoms with E-state index in [1.54, 1.807) is 4.90 Å². The maximum atomic E-state index is 11.8. The summed E-state index contributed by atoms with van der Waals surface area (Å²) in [5, 5.41) is 3.92. The molecule has 0 aromatic carbocycles. The summed E-state index contributed by atoms with van der Waals surface area (Å²) in [6.07, 6.45) is 1.95. The number of nitrogens with zero attached hydrogens (tertiary/aromatic N) is 4. The molecule has 1 aromatic rings. The van der Waals surface area contributed by atoms with Crippen molar-refractivity contribution in [2.24, 2.45) is 0 Å². The van der Waals surface area contributed by atoms with E-state index in [-0.39, 0.29) is 5.91 Å². The Morgan fingerprint density at radius 2 is 2.21 bits per heavy atom. The molecule has 1 amide bonds. The minimum atomic E-state index is 0.126. The molecule has 1 saturated heterocycles. The van der Waals surface area contributed by atoms with Crippen molar-refractivity contribution >= 4 is 29.3 Å². The first kappa shape index (κ1) is 13.9. The molecule has 0 radical (unpaired) electrons. The molecule has 0 spiro atoms. The minimum absolute atomic E-state index is 0.126. The topological polar surface area (TPSA) is 61.4 Å². The summed E-state index contributed by atoms with van der Waals surface area (Å²) in [6.45, 7) is 4.76. The van der Waals surface area contributed by atoms with Crippen molar-refractivity contribution in [2.45, 2.75) is 12.1 Å². The third kappa shape index (κ3) is 3.28. The van der Waals surface area contributed by atoms with E-state index in [9.17, 15) is 4.79 Å². The summed E-state index contributed by atoms with van der Waals surface area (Å²) in [5.41, 5.74) is 0. The third-order valence-electron chi connectivity index (χ3n) is 3.01. The van der Waals surface area contributed by atoms with Gasteiger partial charge in [-0.05, 0) is 13.2 Å². The second kappa shape index (κ2) is 6.10. The first-order valence-electron chi connectivity index (χ1n) is 6.30. The highest BCUT2D eigenvalue weighted by Gasteiger charge is 2.22. The highest BCUT2D eigenvalue weighted by atomic mass is 32.2. The predicted molar refractivity (Wildman–Crippen MR) is 77.8 cm³/mol. The molecule has 6 nitrogen and oxygen atoms in total. The van der Waals surface area contributed by atoms with Crippen LogP contribution in [0.15, 0.2) is 11.2 Å². The van der Waals surface area contributed by atoms with E-state index < -0.39 is 0 Å². The van der Waals surface area contributed by atoms with Crippen molar-refractivity contribution in [1.29, 1.82) is 0 Å². The van der Waals surface area contributed by atoms with E-state index in [1.165, 1.54) is 11.8 Å². The number of aromatic nitrogens is 2. The lowest BCUT2D eigenvalue weighted by Gasteiger charge is -2.32. The van der Waals surface area contributed by atoms with Gasteiger partial charge in [-0.15, -0.1) is 0 Å². The molecule has 0 atom stereocenters. The summed E-state index contributed by atoms with van der Waals surface area (Å²) >= 11 is 1.50. The molecule has 104 valence electrons. The fourth-order valence-corrected chi connectivity index (χ4v) is 2.27. The van der Waals surface area contributed by atoms with Gasteiger partial charge in [-0.3, -0.25) is 4.79 Å². The standard InChI is InChI=1S/C12H19N5OS/c1-4-13-9-7-10(15-12(14-9)19-3)17-6-5-16(2)11(18)8-17/h7H,4-6,8H2,1-3H3,(H,13,14,15). The molecular weight excluding hydrogens is 262 g/mol. The van der Waals surface area contributed by atoms with Gasteiger partial charge >= 0.3 is 0 Å². The zero-order valence-electron chi connectivity index (χ0n) is 11.5. The molecule has 7 heteroatoms. The zero-order valence-corrected chi connectivity index (χ0v) is 12.3. The summed E-state index contributed by atoms with van der Waals surface area (Å²) < 4.78 is 0. The molecule has 1 aromatic heterocycles. The molecule has 2 heterocycles. The molecule has 1 fully saturated rings. The average Bonchev–Trinajstić information content (AvgIpc) is 2.42. The van der Waals surface area contributed by atoms with Crippen LogP contribution in [0, 0.1) is 0 Å². The molecule has 0 bridgehead atoms. The Morgan fingerprint density at radius 3 is 2.84 bits per heavy atom. The molecule has 0 aliphatic carbocycles. The number of carbonyl (C=O) groups excluding carboxylic acids is 1. The number of carbonyl (C=O) groups is 1. The summed E-state index contributed by atoms with van der Waals surface area (Å²) in [6, 6.07) is 1.90. The second-order valence-electron chi connectivity index (χ2n) is 4.37. The maximum Gasteiger partial charge on any atom is 0.241 e. The fourth-order valence-electron chi connectivity index (χ4n) is 1.89. The van der Waals surface area contributed by atoms with Crippen molar-refractivity contribution in [3.05, 3.63) is 6.07 Å². The van der Waals surface area contributed by atoms with Crippen LogP contribution in [0.5, 0.6) is 0 Å². The van der Waals surface area contributed by atoms with Gasteiger partial charge in [-0.1, -0.05) is 11.8 Å². The van der Waals surface area contributed by atoms with Crippen LogP contribution in [0.1, 0.15) is 6.92 Å². The van der Waals surface area contributed by atoms with Crippen LogP contribution in [0.3, 0.4) is 0 Å². The average molecular weight is 281 g/mol. The Hall–Kier alpha value is -1.50. The molecule has 1 aliphatic heterocycles. The van der Waals surface area contributed by atoms with E-state index >= 15 is 0 Å². The van der Waals surface area contributed by atoms with E-state index in [1.807, 2.05) is 31.2 Å². The van der Waals surface area contributed by atoms with E-state index in [0.29, 0.717) is 6.54 Å². The molecule has 0 saturated carbocycles. The Labute approximate surface area is 117 Å². The van der Waals surface area contributed by atoms with Crippen molar-refractivity contribution in [3.8, 4) is 0 Å². The molecule has 0 unspecified atom stereocenters. The highest BCUT2D eigenvalue weighted by Crippen LogP contribution is 2.21. The van der Waals surface area contributed by atoms with Crippen LogP contribution >= 0.6 is 11.8 Å². The number of rotatable bonds is 4. The van der Waals surface area contributed by atoms with Crippen molar-refractivity contribution in [2.75, 3.05) is 49.7 Å². The Morgan fingerprint density at radius 1 is 1.42 bits per heavy atom. The van der Waals surface area contributed by atoms with Crippen LogP contribution in [-0.2, 0) is 4.79 Å². The van der Waals surface area contributed by atoms with Crippen molar-refractivity contribution in [1.82, 2.24) is 14.9 Å². The van der Waals surface area contributed by atoms with Crippen LogP contribution in [0.4, 0.5) is 11.6 Å². The Kier molecular flexibility index (Phi) is 4.47. The monoisotopic (exact) mass is 281 g/mol. The lowest BCUT2D eigenvalue weighted by atomic mass is 10.3. The van der Waals surface area contributed by atoms with Gasteiger partial charge in [0.05, 0.1) is 6.54 Å². The predicted octanol–water partition coefficient (Wildman–Crippen LogP) is 0.909. The smallest absolute Gasteiger partial charge is 0.241 e. The molecule has 1 aliphatic rings. The van der Waals surface area contributed by atoms with Gasteiger partial charge in [0.2, 0.25) is 5.91 Å². The molecule has 2 rings (SSSR count). The third-order valence-corrected chi connectivity index (χ3v) is 3.56. The number of anilines is 2. The van der Waals surface area contributed by atoms with Crippen molar-refractivity contribution in [3.63, 3.8) is 0 Å². The maximum absolute atomic E-state index is 11.8. The van der Waals surface area contributed by atoms with Gasteiger partial charge in [0.1, 0.15) is 11.6 Å². The number of piperazine rings is 1. The van der Waals surface area contributed by atoms with Gasteiger partial charge in [0, 0.05) is 32.7 Å². The number of thioether (sulfide) groups is 1. The van der Waals surface area contributed by atoms with E-state index in [4.69, 9.17) is 0 Å². The van der Waals surface area contributed by atoms with Gasteiger partial charge in [-0.2, -0.15) is 0 Å².